The zero-order chi connectivity index (χ0) is 12.4. The van der Waals surface area contributed by atoms with Gasteiger partial charge in [0.2, 0.25) is 0 Å². The van der Waals surface area contributed by atoms with Gasteiger partial charge in [0.15, 0.2) is 5.17 Å². The maximum atomic E-state index is 5.96. The highest BCUT2D eigenvalue weighted by molar-refractivity contribution is 8.15. The highest BCUT2D eigenvalue weighted by Crippen LogP contribution is 2.30. The first-order chi connectivity index (χ1) is 8.06. The van der Waals surface area contributed by atoms with Gasteiger partial charge in [-0.05, 0) is 24.1 Å². The average molecular weight is 289 g/mol. The molecule has 0 saturated heterocycles. The van der Waals surface area contributed by atoms with Crippen molar-refractivity contribution in [2.24, 2.45) is 10.9 Å². The topological polar surface area (TPSA) is 24.4 Å². The summed E-state index contributed by atoms with van der Waals surface area (Å²) in [5, 5.41) is 5.92. The third-order valence-electron chi connectivity index (χ3n) is 2.59. The van der Waals surface area contributed by atoms with Gasteiger partial charge in [-0.3, -0.25) is 4.99 Å². The van der Waals surface area contributed by atoms with Crippen LogP contribution >= 0.6 is 35.0 Å². The zero-order valence-corrected chi connectivity index (χ0v) is 12.0. The van der Waals surface area contributed by atoms with Gasteiger partial charge in [0.1, 0.15) is 0 Å². The van der Waals surface area contributed by atoms with Crippen molar-refractivity contribution in [2.75, 3.05) is 11.9 Å². The third kappa shape index (κ3) is 3.30. The molecule has 2 rings (SSSR count). The van der Waals surface area contributed by atoms with Gasteiger partial charge in [0.25, 0.3) is 0 Å². The molecule has 5 heteroatoms. The summed E-state index contributed by atoms with van der Waals surface area (Å²) in [7, 11) is 0. The lowest BCUT2D eigenvalue weighted by atomic mass is 10.1. The van der Waals surface area contributed by atoms with E-state index in [1.165, 1.54) is 0 Å². The van der Waals surface area contributed by atoms with E-state index in [4.69, 9.17) is 23.2 Å². The second kappa shape index (κ2) is 5.51. The summed E-state index contributed by atoms with van der Waals surface area (Å²) in [6.45, 7) is 5.32. The first-order valence-electron chi connectivity index (χ1n) is 5.49. The van der Waals surface area contributed by atoms with E-state index < -0.39 is 0 Å². The van der Waals surface area contributed by atoms with Crippen molar-refractivity contribution in [1.29, 1.82) is 0 Å². The fourth-order valence-electron chi connectivity index (χ4n) is 1.50. The van der Waals surface area contributed by atoms with Crippen LogP contribution in [0.15, 0.2) is 23.2 Å². The lowest BCUT2D eigenvalue weighted by molar-refractivity contribution is 0.621. The fraction of sp³-hybridized carbons (Fsp3) is 0.417. The van der Waals surface area contributed by atoms with Gasteiger partial charge < -0.3 is 5.32 Å². The molecule has 1 aliphatic rings. The molecule has 1 heterocycles. The molecule has 17 heavy (non-hydrogen) atoms. The second-order valence-electron chi connectivity index (χ2n) is 4.30. The Morgan fingerprint density at radius 3 is 2.71 bits per heavy atom. The molecule has 0 bridgehead atoms. The van der Waals surface area contributed by atoms with E-state index in [0.717, 1.165) is 17.4 Å². The molecule has 0 aliphatic carbocycles. The minimum absolute atomic E-state index is 0.556. The van der Waals surface area contributed by atoms with Gasteiger partial charge in [-0.15, -0.1) is 0 Å². The molecule has 1 unspecified atom stereocenters. The molecule has 1 aromatic carbocycles. The number of nitrogens with zero attached hydrogens (tertiary/aromatic N) is 1. The van der Waals surface area contributed by atoms with Gasteiger partial charge >= 0.3 is 0 Å². The van der Waals surface area contributed by atoms with Crippen molar-refractivity contribution in [3.05, 3.63) is 28.2 Å². The predicted octanol–water partition coefficient (Wildman–Crippen LogP) is 4.53. The van der Waals surface area contributed by atoms with Gasteiger partial charge in [-0.1, -0.05) is 48.8 Å². The fourth-order valence-corrected chi connectivity index (χ4v) is 2.84. The van der Waals surface area contributed by atoms with Crippen molar-refractivity contribution in [2.45, 2.75) is 19.1 Å². The predicted molar refractivity (Wildman–Crippen MR) is 78.6 cm³/mol. The first-order valence-corrected chi connectivity index (χ1v) is 7.13. The van der Waals surface area contributed by atoms with Gasteiger partial charge in [0.05, 0.1) is 16.6 Å². The lowest BCUT2D eigenvalue weighted by Crippen LogP contribution is -2.13. The normalized spacial score (nSPS) is 19.6. The van der Waals surface area contributed by atoms with Crippen LogP contribution in [-0.2, 0) is 0 Å². The number of nitrogens with one attached hydrogen (secondary N) is 1. The Labute approximate surface area is 116 Å². The van der Waals surface area contributed by atoms with Crippen LogP contribution in [0.3, 0.4) is 0 Å². The highest BCUT2D eigenvalue weighted by Gasteiger charge is 2.22. The van der Waals surface area contributed by atoms with Crippen molar-refractivity contribution >= 4 is 45.8 Å². The number of amidine groups is 1. The van der Waals surface area contributed by atoms with E-state index in [1.54, 1.807) is 17.8 Å². The summed E-state index contributed by atoms with van der Waals surface area (Å²) in [5.41, 5.74) is 0.926. The number of halogens is 2. The van der Waals surface area contributed by atoms with Crippen LogP contribution in [0.2, 0.25) is 10.0 Å². The maximum Gasteiger partial charge on any atom is 0.161 e. The summed E-state index contributed by atoms with van der Waals surface area (Å²) in [5.74, 6) is 0.636. The second-order valence-corrected chi connectivity index (χ2v) is 6.34. The molecule has 1 aromatic rings. The van der Waals surface area contributed by atoms with Crippen molar-refractivity contribution in [1.82, 2.24) is 0 Å². The molecule has 0 radical (unpaired) electrons. The molecule has 2 nitrogen and oxygen atoms in total. The Morgan fingerprint density at radius 2 is 2.12 bits per heavy atom. The number of thioether (sulfide) groups is 1. The van der Waals surface area contributed by atoms with Crippen molar-refractivity contribution in [3.8, 4) is 0 Å². The zero-order valence-electron chi connectivity index (χ0n) is 9.71. The standard InChI is InChI=1S/C12H14Cl2N2S/c1-7(2)11-6-15-12(17-11)16-8-3-4-9(13)10(14)5-8/h3-5,7,11H,6H2,1-2H3,(H,15,16). The Balaban J connectivity index is 2.00. The van der Waals surface area contributed by atoms with Crippen molar-refractivity contribution < 1.29 is 0 Å². The van der Waals surface area contributed by atoms with Crippen molar-refractivity contribution in [3.63, 3.8) is 0 Å². The van der Waals surface area contributed by atoms with Crippen LogP contribution in [0.1, 0.15) is 13.8 Å². The summed E-state index contributed by atoms with van der Waals surface area (Å²) >= 11 is 13.6. The van der Waals surface area contributed by atoms with E-state index >= 15 is 0 Å². The third-order valence-corrected chi connectivity index (χ3v) is 4.78. The quantitative estimate of drug-likeness (QED) is 0.864. The van der Waals surface area contributed by atoms with Crippen LogP contribution in [0, 0.1) is 5.92 Å². The van der Waals surface area contributed by atoms with E-state index in [1.807, 2.05) is 12.1 Å². The van der Waals surface area contributed by atoms with Gasteiger partial charge in [-0.25, -0.2) is 0 Å². The number of benzene rings is 1. The number of aliphatic imine (C=N–C) groups is 1. The largest absolute Gasteiger partial charge is 0.335 e. The van der Waals surface area contributed by atoms with E-state index in [9.17, 15) is 0 Å². The smallest absolute Gasteiger partial charge is 0.161 e. The summed E-state index contributed by atoms with van der Waals surface area (Å²) in [6.07, 6.45) is 0. The lowest BCUT2D eigenvalue weighted by Gasteiger charge is -2.12. The van der Waals surface area contributed by atoms with Gasteiger partial charge in [0, 0.05) is 10.9 Å². The van der Waals surface area contributed by atoms with Gasteiger partial charge in [-0.2, -0.15) is 0 Å². The minimum atomic E-state index is 0.556. The molecular formula is C12H14Cl2N2S. The minimum Gasteiger partial charge on any atom is -0.335 e. The maximum absolute atomic E-state index is 5.96. The molecule has 1 aliphatic heterocycles. The van der Waals surface area contributed by atoms with Crippen LogP contribution in [0.25, 0.3) is 0 Å². The molecule has 0 spiro atoms. The Kier molecular flexibility index (Phi) is 4.23. The molecule has 0 saturated carbocycles. The number of rotatable bonds is 2. The van der Waals surface area contributed by atoms with Crippen LogP contribution in [-0.4, -0.2) is 17.0 Å². The van der Waals surface area contributed by atoms with Crippen LogP contribution < -0.4 is 5.32 Å². The number of anilines is 1. The Hall–Kier alpha value is -0.380. The molecule has 92 valence electrons. The Morgan fingerprint density at radius 1 is 1.35 bits per heavy atom. The van der Waals surface area contributed by atoms with Crippen LogP contribution in [0.4, 0.5) is 5.69 Å². The molecule has 0 fully saturated rings. The average Bonchev–Trinajstić information content (AvgIpc) is 2.72. The molecule has 1 N–H and O–H groups in total. The number of hydrogen-bond donors (Lipinski definition) is 1. The molecule has 0 amide bonds. The van der Waals surface area contributed by atoms with E-state index in [2.05, 4.69) is 24.2 Å². The van der Waals surface area contributed by atoms with E-state index in [-0.39, 0.29) is 0 Å². The summed E-state index contributed by atoms with van der Waals surface area (Å²) in [6, 6.07) is 5.50. The number of hydrogen-bond acceptors (Lipinski definition) is 3. The van der Waals surface area contributed by atoms with Crippen LogP contribution in [0.5, 0.6) is 0 Å². The Bertz CT molecular complexity index is 446. The molecule has 1 atom stereocenters. The summed E-state index contributed by atoms with van der Waals surface area (Å²) in [4.78, 5) is 4.48. The summed E-state index contributed by atoms with van der Waals surface area (Å²) < 4.78 is 0. The highest BCUT2D eigenvalue weighted by atomic mass is 35.5. The SMILES string of the molecule is CC(C)C1CN=C(Nc2ccc(Cl)c(Cl)c2)S1. The monoisotopic (exact) mass is 288 g/mol. The first kappa shape index (κ1) is 13.1. The van der Waals surface area contributed by atoms with E-state index in [0.29, 0.717) is 21.2 Å². The molecule has 0 aromatic heterocycles. The molecular weight excluding hydrogens is 275 g/mol.